The average Bonchev–Trinajstić information content (AvgIpc) is 2.41. The molecule has 1 saturated heterocycles. The molecular weight excluding hydrogens is 248 g/mol. The quantitative estimate of drug-likeness (QED) is 0.614. The highest BCUT2D eigenvalue weighted by atomic mass is 32.2. The number of hydrogen-bond donors (Lipinski definition) is 0. The fourth-order valence-corrected chi connectivity index (χ4v) is 2.70. The van der Waals surface area contributed by atoms with Crippen LogP contribution in [0.4, 0.5) is 0 Å². The van der Waals surface area contributed by atoms with E-state index in [1.54, 1.807) is 11.9 Å². The second kappa shape index (κ2) is 6.22. The van der Waals surface area contributed by atoms with E-state index in [4.69, 9.17) is 0 Å². The molecule has 0 aliphatic carbocycles. The summed E-state index contributed by atoms with van der Waals surface area (Å²) >= 11 is 1.75. The molecule has 0 unspecified atom stereocenters. The predicted molar refractivity (Wildman–Crippen MR) is 72.7 cm³/mol. The van der Waals surface area contributed by atoms with Gasteiger partial charge in [-0.05, 0) is 43.3 Å². The van der Waals surface area contributed by atoms with Crippen molar-refractivity contribution in [3.8, 4) is 0 Å². The first-order chi connectivity index (χ1) is 8.69. The van der Waals surface area contributed by atoms with Crippen molar-refractivity contribution in [2.24, 2.45) is 0 Å². The van der Waals surface area contributed by atoms with Gasteiger partial charge < -0.3 is 9.64 Å². The Morgan fingerprint density at radius 2 is 1.78 bits per heavy atom. The lowest BCUT2D eigenvalue weighted by Crippen LogP contribution is -2.40. The van der Waals surface area contributed by atoms with Gasteiger partial charge >= 0.3 is 5.97 Å². The van der Waals surface area contributed by atoms with E-state index in [0.29, 0.717) is 5.56 Å². The summed E-state index contributed by atoms with van der Waals surface area (Å²) in [6.07, 6.45) is 0. The molecule has 98 valence electrons. The van der Waals surface area contributed by atoms with Gasteiger partial charge in [-0.2, -0.15) is 0 Å². The molecule has 1 aliphatic heterocycles. The number of carbonyl (C=O) groups excluding carboxylic acids is 1. The highest BCUT2D eigenvalue weighted by Gasteiger charge is 2.14. The fourth-order valence-electron chi connectivity index (χ4n) is 1.80. The van der Waals surface area contributed by atoms with Gasteiger partial charge in [0, 0.05) is 31.1 Å². The van der Waals surface area contributed by atoms with Gasteiger partial charge in [-0.3, -0.25) is 0 Å². The summed E-state index contributed by atoms with van der Waals surface area (Å²) < 4.78 is 7.03. The Balaban J connectivity index is 1.92. The third-order valence-electron chi connectivity index (χ3n) is 2.97. The zero-order valence-corrected chi connectivity index (χ0v) is 11.6. The molecule has 0 radical (unpaired) electrons. The van der Waals surface area contributed by atoms with E-state index < -0.39 is 0 Å². The number of ether oxygens (including phenoxy) is 1. The highest BCUT2D eigenvalue weighted by molar-refractivity contribution is 7.97. The van der Waals surface area contributed by atoms with E-state index in [9.17, 15) is 4.79 Å². The van der Waals surface area contributed by atoms with Crippen LogP contribution in [0, 0.1) is 0 Å². The molecule has 0 amide bonds. The molecule has 0 N–H and O–H groups in total. The third-order valence-corrected chi connectivity index (χ3v) is 4.08. The standard InChI is InChI=1S/C13H18N2O2S/c1-14-7-9-15(10-8-14)18-12-5-3-11(4-6-12)13(16)17-2/h3-6H,7-10H2,1-2H3. The van der Waals surface area contributed by atoms with Gasteiger partial charge in [0.2, 0.25) is 0 Å². The maximum atomic E-state index is 11.3. The molecule has 5 heteroatoms. The monoisotopic (exact) mass is 266 g/mol. The molecule has 0 spiro atoms. The molecule has 0 aromatic heterocycles. The van der Waals surface area contributed by atoms with E-state index in [2.05, 4.69) is 21.0 Å². The second-order valence-corrected chi connectivity index (χ2v) is 5.51. The Hall–Kier alpha value is -1.04. The number of hydrogen-bond acceptors (Lipinski definition) is 5. The van der Waals surface area contributed by atoms with Crippen LogP contribution in [0.15, 0.2) is 29.2 Å². The number of rotatable bonds is 3. The molecule has 1 aliphatic rings. The van der Waals surface area contributed by atoms with Crippen LogP contribution < -0.4 is 0 Å². The van der Waals surface area contributed by atoms with E-state index >= 15 is 0 Å². The van der Waals surface area contributed by atoms with Gasteiger partial charge in [0.15, 0.2) is 0 Å². The Morgan fingerprint density at radius 1 is 1.17 bits per heavy atom. The van der Waals surface area contributed by atoms with Gasteiger partial charge in [0.25, 0.3) is 0 Å². The van der Waals surface area contributed by atoms with Crippen LogP contribution in [-0.2, 0) is 4.74 Å². The number of likely N-dealkylation sites (N-methyl/N-ethyl adjacent to an activating group) is 1. The Morgan fingerprint density at radius 3 is 2.33 bits per heavy atom. The van der Waals surface area contributed by atoms with Gasteiger partial charge in [-0.1, -0.05) is 0 Å². The van der Waals surface area contributed by atoms with Gasteiger partial charge in [-0.25, -0.2) is 9.10 Å². The van der Waals surface area contributed by atoms with Crippen LogP contribution in [-0.4, -0.2) is 55.5 Å². The molecule has 1 fully saturated rings. The van der Waals surface area contributed by atoms with Crippen LogP contribution in [0.1, 0.15) is 10.4 Å². The lowest BCUT2D eigenvalue weighted by atomic mass is 10.2. The van der Waals surface area contributed by atoms with Crippen LogP contribution in [0.3, 0.4) is 0 Å². The number of carbonyl (C=O) groups is 1. The minimum Gasteiger partial charge on any atom is -0.465 e. The first-order valence-electron chi connectivity index (χ1n) is 5.99. The zero-order chi connectivity index (χ0) is 13.0. The van der Waals surface area contributed by atoms with Gasteiger partial charge in [0.05, 0.1) is 12.7 Å². The molecule has 1 aromatic rings. The molecule has 18 heavy (non-hydrogen) atoms. The van der Waals surface area contributed by atoms with Crippen LogP contribution in [0.5, 0.6) is 0 Å². The zero-order valence-electron chi connectivity index (χ0n) is 10.8. The fraction of sp³-hybridized carbons (Fsp3) is 0.462. The van der Waals surface area contributed by atoms with Crippen molar-refractivity contribution in [2.45, 2.75) is 4.90 Å². The summed E-state index contributed by atoms with van der Waals surface area (Å²) in [6, 6.07) is 7.55. The van der Waals surface area contributed by atoms with Crippen molar-refractivity contribution in [1.82, 2.24) is 9.21 Å². The van der Waals surface area contributed by atoms with Crippen LogP contribution >= 0.6 is 11.9 Å². The smallest absolute Gasteiger partial charge is 0.337 e. The molecule has 0 bridgehead atoms. The molecule has 0 saturated carbocycles. The number of benzene rings is 1. The van der Waals surface area contributed by atoms with Crippen molar-refractivity contribution >= 4 is 17.9 Å². The lowest BCUT2D eigenvalue weighted by Gasteiger charge is -2.31. The SMILES string of the molecule is COC(=O)c1ccc(SN2CCN(C)CC2)cc1. The lowest BCUT2D eigenvalue weighted by molar-refractivity contribution is 0.0600. The second-order valence-electron chi connectivity index (χ2n) is 4.34. The maximum absolute atomic E-state index is 11.3. The summed E-state index contributed by atoms with van der Waals surface area (Å²) in [4.78, 5) is 14.8. The average molecular weight is 266 g/mol. The number of nitrogens with zero attached hydrogens (tertiary/aromatic N) is 2. The first kappa shape index (κ1) is 13.4. The molecular formula is C13H18N2O2S. The summed E-state index contributed by atoms with van der Waals surface area (Å²) in [5, 5.41) is 0. The van der Waals surface area contributed by atoms with E-state index in [0.717, 1.165) is 31.1 Å². The molecule has 1 heterocycles. The van der Waals surface area contributed by atoms with Crippen molar-refractivity contribution in [2.75, 3.05) is 40.3 Å². The molecule has 2 rings (SSSR count). The van der Waals surface area contributed by atoms with Crippen LogP contribution in [0.2, 0.25) is 0 Å². The summed E-state index contributed by atoms with van der Waals surface area (Å²) in [6.45, 7) is 4.35. The summed E-state index contributed by atoms with van der Waals surface area (Å²) in [5.41, 5.74) is 0.597. The largest absolute Gasteiger partial charge is 0.465 e. The van der Waals surface area contributed by atoms with Crippen molar-refractivity contribution < 1.29 is 9.53 Å². The van der Waals surface area contributed by atoms with Gasteiger partial charge in [-0.15, -0.1) is 0 Å². The van der Waals surface area contributed by atoms with Crippen molar-refractivity contribution in [1.29, 1.82) is 0 Å². The van der Waals surface area contributed by atoms with Crippen LogP contribution in [0.25, 0.3) is 0 Å². The number of esters is 1. The molecule has 4 nitrogen and oxygen atoms in total. The third kappa shape index (κ3) is 3.48. The first-order valence-corrected chi connectivity index (χ1v) is 6.76. The number of piperazine rings is 1. The molecule has 1 aromatic carbocycles. The Bertz CT molecular complexity index is 400. The predicted octanol–water partition coefficient (Wildman–Crippen LogP) is 1.73. The molecule has 0 atom stereocenters. The van der Waals surface area contributed by atoms with E-state index in [1.165, 1.54) is 7.11 Å². The van der Waals surface area contributed by atoms with E-state index in [-0.39, 0.29) is 5.97 Å². The Kier molecular flexibility index (Phi) is 4.63. The summed E-state index contributed by atoms with van der Waals surface area (Å²) in [5.74, 6) is -0.286. The van der Waals surface area contributed by atoms with Gasteiger partial charge in [0.1, 0.15) is 0 Å². The highest BCUT2D eigenvalue weighted by Crippen LogP contribution is 2.24. The maximum Gasteiger partial charge on any atom is 0.337 e. The minimum atomic E-state index is -0.286. The normalized spacial score (nSPS) is 17.7. The minimum absolute atomic E-state index is 0.286. The van der Waals surface area contributed by atoms with E-state index in [1.807, 2.05) is 24.3 Å². The van der Waals surface area contributed by atoms with Crippen molar-refractivity contribution in [3.05, 3.63) is 29.8 Å². The Labute approximate surface area is 112 Å². The summed E-state index contributed by atoms with van der Waals surface area (Å²) in [7, 11) is 3.54. The number of methoxy groups -OCH3 is 1. The topological polar surface area (TPSA) is 32.8 Å². The van der Waals surface area contributed by atoms with Crippen molar-refractivity contribution in [3.63, 3.8) is 0 Å².